The number of nitrogens with two attached hydrogens (primary N) is 1. The van der Waals surface area contributed by atoms with E-state index in [2.05, 4.69) is 9.97 Å². The summed E-state index contributed by atoms with van der Waals surface area (Å²) in [5, 5.41) is 1.00. The van der Waals surface area contributed by atoms with E-state index in [1.165, 1.54) is 11.3 Å². The molecule has 3 aromatic rings. The molecule has 1 saturated heterocycles. The average molecular weight is 380 g/mol. The molecule has 2 N–H and O–H groups in total. The van der Waals surface area contributed by atoms with Crippen LogP contribution in [-0.2, 0) is 0 Å². The lowest BCUT2D eigenvalue weighted by atomic mass is 9.87. The fourth-order valence-electron chi connectivity index (χ4n) is 3.69. The molecule has 1 aliphatic rings. The molecule has 0 atom stereocenters. The lowest BCUT2D eigenvalue weighted by Crippen LogP contribution is -2.38. The van der Waals surface area contributed by atoms with Crippen LogP contribution in [0, 0.1) is 6.92 Å². The van der Waals surface area contributed by atoms with Crippen molar-refractivity contribution in [3.8, 4) is 0 Å². The molecule has 138 valence electrons. The number of rotatable bonds is 3. The molecule has 1 fully saturated rings. The summed E-state index contributed by atoms with van der Waals surface area (Å²) in [7, 11) is 0. The lowest BCUT2D eigenvalue weighted by Gasteiger charge is -2.32. The summed E-state index contributed by atoms with van der Waals surface area (Å²) in [5.74, 6) is -0.198. The highest BCUT2D eigenvalue weighted by Crippen LogP contribution is 2.39. The molecule has 0 saturated carbocycles. The second kappa shape index (κ2) is 7.08. The van der Waals surface area contributed by atoms with Crippen LogP contribution in [0.5, 0.6) is 0 Å². The van der Waals surface area contributed by atoms with Gasteiger partial charge >= 0.3 is 0 Å². The molecule has 7 heteroatoms. The van der Waals surface area contributed by atoms with Gasteiger partial charge in [-0.2, -0.15) is 0 Å². The summed E-state index contributed by atoms with van der Waals surface area (Å²) in [6, 6.07) is 7.55. The minimum atomic E-state index is -0.405. The van der Waals surface area contributed by atoms with E-state index in [1.54, 1.807) is 12.4 Å². The van der Waals surface area contributed by atoms with E-state index in [4.69, 9.17) is 5.73 Å². The molecule has 0 aliphatic carbocycles. The number of carbonyl (C=O) groups is 2. The van der Waals surface area contributed by atoms with Gasteiger partial charge in [-0.3, -0.25) is 14.6 Å². The molecule has 4 heterocycles. The normalized spacial score (nSPS) is 15.2. The van der Waals surface area contributed by atoms with Gasteiger partial charge in [0.05, 0.1) is 10.4 Å². The van der Waals surface area contributed by atoms with E-state index < -0.39 is 5.91 Å². The molecular weight excluding hydrogens is 360 g/mol. The fraction of sp³-hybridized carbons (Fsp3) is 0.300. The van der Waals surface area contributed by atoms with Crippen molar-refractivity contribution in [3.63, 3.8) is 0 Å². The monoisotopic (exact) mass is 380 g/mol. The number of aryl methyl sites for hydroxylation is 1. The van der Waals surface area contributed by atoms with Crippen LogP contribution >= 0.6 is 11.3 Å². The van der Waals surface area contributed by atoms with Crippen LogP contribution in [-0.4, -0.2) is 39.8 Å². The first-order chi connectivity index (χ1) is 13.0. The number of primary amides is 1. The SMILES string of the molecule is Cc1ccc(C(=O)N2CCC(c3c(C(N)=O)sc4ncccc34)CC2)cn1. The Morgan fingerprint density at radius 2 is 1.96 bits per heavy atom. The van der Waals surface area contributed by atoms with Crippen molar-refractivity contribution in [2.45, 2.75) is 25.7 Å². The van der Waals surface area contributed by atoms with E-state index in [0.29, 0.717) is 23.5 Å². The standard InChI is InChI=1S/C20H20N4O2S/c1-12-4-5-14(11-23-12)20(26)24-9-6-13(7-10-24)16-15-3-2-8-22-19(15)27-17(16)18(21)25/h2-5,8,11,13H,6-7,9-10H2,1H3,(H2,21,25). The Bertz CT molecular complexity index is 1000. The number of amides is 2. The van der Waals surface area contributed by atoms with Gasteiger partial charge in [0.2, 0.25) is 0 Å². The van der Waals surface area contributed by atoms with Gasteiger partial charge in [0, 0.05) is 36.6 Å². The fourth-order valence-corrected chi connectivity index (χ4v) is 4.77. The van der Waals surface area contributed by atoms with E-state index in [9.17, 15) is 9.59 Å². The molecule has 0 spiro atoms. The molecule has 0 bridgehead atoms. The maximum Gasteiger partial charge on any atom is 0.259 e. The molecular formula is C20H20N4O2S. The Hall–Kier alpha value is -2.80. The largest absolute Gasteiger partial charge is 0.365 e. The summed E-state index contributed by atoms with van der Waals surface area (Å²) in [6.45, 7) is 3.19. The van der Waals surface area contributed by atoms with Gasteiger partial charge in [-0.1, -0.05) is 6.07 Å². The van der Waals surface area contributed by atoms with Crippen LogP contribution in [0.2, 0.25) is 0 Å². The molecule has 0 unspecified atom stereocenters. The van der Waals surface area contributed by atoms with E-state index in [-0.39, 0.29) is 11.8 Å². The van der Waals surface area contributed by atoms with Gasteiger partial charge in [0.15, 0.2) is 0 Å². The van der Waals surface area contributed by atoms with Gasteiger partial charge in [-0.25, -0.2) is 4.98 Å². The van der Waals surface area contributed by atoms with Crippen molar-refractivity contribution in [3.05, 3.63) is 58.4 Å². The molecule has 0 aromatic carbocycles. The zero-order valence-electron chi connectivity index (χ0n) is 15.0. The number of carbonyl (C=O) groups excluding carboxylic acids is 2. The van der Waals surface area contributed by atoms with Crippen LogP contribution in [0.4, 0.5) is 0 Å². The van der Waals surface area contributed by atoms with Crippen LogP contribution < -0.4 is 5.73 Å². The maximum atomic E-state index is 12.7. The van der Waals surface area contributed by atoms with E-state index >= 15 is 0 Å². The van der Waals surface area contributed by atoms with Crippen LogP contribution in [0.1, 0.15) is 50.0 Å². The molecule has 6 nitrogen and oxygen atoms in total. The Morgan fingerprint density at radius 1 is 1.19 bits per heavy atom. The molecule has 0 radical (unpaired) electrons. The smallest absolute Gasteiger partial charge is 0.259 e. The van der Waals surface area contributed by atoms with Crippen molar-refractivity contribution in [2.75, 3.05) is 13.1 Å². The number of aromatic nitrogens is 2. The predicted octanol–water partition coefficient (Wildman–Crippen LogP) is 3.12. The summed E-state index contributed by atoms with van der Waals surface area (Å²) < 4.78 is 0. The van der Waals surface area contributed by atoms with Crippen molar-refractivity contribution >= 4 is 33.4 Å². The van der Waals surface area contributed by atoms with Gasteiger partial charge in [-0.05, 0) is 49.4 Å². The molecule has 27 heavy (non-hydrogen) atoms. The minimum Gasteiger partial charge on any atom is -0.365 e. The number of likely N-dealkylation sites (tertiary alicyclic amines) is 1. The number of pyridine rings is 2. The van der Waals surface area contributed by atoms with Gasteiger partial charge in [-0.15, -0.1) is 11.3 Å². The zero-order valence-corrected chi connectivity index (χ0v) is 15.8. The van der Waals surface area contributed by atoms with Crippen LogP contribution in [0.3, 0.4) is 0 Å². The second-order valence-corrected chi connectivity index (χ2v) is 7.82. The van der Waals surface area contributed by atoms with Crippen molar-refractivity contribution < 1.29 is 9.59 Å². The number of nitrogens with zero attached hydrogens (tertiary/aromatic N) is 3. The topological polar surface area (TPSA) is 89.2 Å². The maximum absolute atomic E-state index is 12.7. The number of thiophene rings is 1. The first-order valence-corrected chi connectivity index (χ1v) is 9.75. The van der Waals surface area contributed by atoms with Crippen molar-refractivity contribution in [1.82, 2.24) is 14.9 Å². The average Bonchev–Trinajstić information content (AvgIpc) is 3.08. The first-order valence-electron chi connectivity index (χ1n) is 8.93. The number of piperidine rings is 1. The van der Waals surface area contributed by atoms with Gasteiger partial charge in [0.25, 0.3) is 11.8 Å². The minimum absolute atomic E-state index is 0.00733. The van der Waals surface area contributed by atoms with Crippen LogP contribution in [0.25, 0.3) is 10.2 Å². The number of fused-ring (bicyclic) bond motifs is 1. The highest BCUT2D eigenvalue weighted by atomic mass is 32.1. The molecule has 1 aliphatic heterocycles. The third kappa shape index (κ3) is 3.30. The Morgan fingerprint density at radius 3 is 2.63 bits per heavy atom. The second-order valence-electron chi connectivity index (χ2n) is 6.82. The molecule has 2 amide bonds. The quantitative estimate of drug-likeness (QED) is 0.756. The highest BCUT2D eigenvalue weighted by Gasteiger charge is 2.29. The van der Waals surface area contributed by atoms with Crippen molar-refractivity contribution in [2.24, 2.45) is 5.73 Å². The van der Waals surface area contributed by atoms with Crippen molar-refractivity contribution in [1.29, 1.82) is 0 Å². The lowest BCUT2D eigenvalue weighted by molar-refractivity contribution is 0.0712. The Labute approximate surface area is 161 Å². The van der Waals surface area contributed by atoms with E-state index in [0.717, 1.165) is 34.3 Å². The third-order valence-electron chi connectivity index (χ3n) is 5.08. The molecule has 4 rings (SSSR count). The highest BCUT2D eigenvalue weighted by molar-refractivity contribution is 7.20. The number of hydrogen-bond acceptors (Lipinski definition) is 5. The van der Waals surface area contributed by atoms with E-state index in [1.807, 2.05) is 36.1 Å². The Kier molecular flexibility index (Phi) is 4.61. The third-order valence-corrected chi connectivity index (χ3v) is 6.22. The molecule has 3 aromatic heterocycles. The Balaban J connectivity index is 1.55. The van der Waals surface area contributed by atoms with Gasteiger partial charge < -0.3 is 10.6 Å². The summed E-state index contributed by atoms with van der Waals surface area (Å²) in [6.07, 6.45) is 4.95. The first kappa shape index (κ1) is 17.6. The summed E-state index contributed by atoms with van der Waals surface area (Å²) in [5.41, 5.74) is 8.12. The summed E-state index contributed by atoms with van der Waals surface area (Å²) >= 11 is 1.36. The van der Waals surface area contributed by atoms with Crippen LogP contribution in [0.15, 0.2) is 36.7 Å². The number of hydrogen-bond donors (Lipinski definition) is 1. The summed E-state index contributed by atoms with van der Waals surface area (Å²) in [4.78, 5) is 36.5. The van der Waals surface area contributed by atoms with Gasteiger partial charge in [0.1, 0.15) is 4.83 Å². The zero-order chi connectivity index (χ0) is 19.0. The predicted molar refractivity (Wildman–Crippen MR) is 105 cm³/mol.